The Morgan fingerprint density at radius 2 is 1.86 bits per heavy atom. The van der Waals surface area contributed by atoms with E-state index in [1.165, 1.54) is 12.1 Å². The number of ether oxygens (including phenoxy) is 1. The van der Waals surface area contributed by atoms with Crippen molar-refractivity contribution in [1.29, 1.82) is 0 Å². The first-order valence-electron chi connectivity index (χ1n) is 9.36. The lowest BCUT2D eigenvalue weighted by Gasteiger charge is -2.37. The van der Waals surface area contributed by atoms with E-state index in [9.17, 15) is 9.18 Å². The van der Waals surface area contributed by atoms with Gasteiger partial charge < -0.3 is 19.5 Å². The van der Waals surface area contributed by atoms with E-state index in [1.807, 2.05) is 54.4 Å². The molecule has 0 spiro atoms. The third kappa shape index (κ3) is 3.58. The van der Waals surface area contributed by atoms with Crippen LogP contribution in [0.4, 0.5) is 14.9 Å². The predicted octanol–water partition coefficient (Wildman–Crippen LogP) is 4.66. The molecule has 2 aromatic carbocycles. The maximum absolute atomic E-state index is 13.1. The largest absolute Gasteiger partial charge is 0.494 e. The average Bonchev–Trinajstić information content (AvgIpc) is 3.19. The standard InChI is InChI=1S/C22H22FN3O2/c1-2-28-19-11-5-16(6-12-19)21-20-4-3-13-25(20)14-15-26(21)22(27)24-18-9-7-17(23)8-10-18/h3-13,21H,2,14-15H2,1H3,(H,24,27)/t21-/m0/s1. The van der Waals surface area contributed by atoms with Gasteiger partial charge in [-0.1, -0.05) is 12.1 Å². The molecule has 1 atom stereocenters. The van der Waals surface area contributed by atoms with Gasteiger partial charge >= 0.3 is 6.03 Å². The van der Waals surface area contributed by atoms with Crippen molar-refractivity contribution in [2.24, 2.45) is 0 Å². The van der Waals surface area contributed by atoms with Crippen molar-refractivity contribution in [3.05, 3.63) is 83.9 Å². The van der Waals surface area contributed by atoms with Gasteiger partial charge in [0, 0.05) is 30.7 Å². The van der Waals surface area contributed by atoms with Crippen molar-refractivity contribution in [3.8, 4) is 5.75 Å². The number of carbonyl (C=O) groups is 1. The molecule has 6 heteroatoms. The Labute approximate surface area is 163 Å². The first-order valence-corrected chi connectivity index (χ1v) is 9.36. The highest BCUT2D eigenvalue weighted by molar-refractivity contribution is 5.90. The van der Waals surface area contributed by atoms with Gasteiger partial charge in [-0.2, -0.15) is 0 Å². The van der Waals surface area contributed by atoms with Crippen molar-refractivity contribution in [3.63, 3.8) is 0 Å². The number of hydrogen-bond donors (Lipinski definition) is 1. The summed E-state index contributed by atoms with van der Waals surface area (Å²) < 4.78 is 20.8. The fourth-order valence-electron chi connectivity index (χ4n) is 3.59. The van der Waals surface area contributed by atoms with Gasteiger partial charge in [-0.25, -0.2) is 9.18 Å². The highest BCUT2D eigenvalue weighted by Crippen LogP contribution is 2.33. The van der Waals surface area contributed by atoms with Crippen LogP contribution < -0.4 is 10.1 Å². The van der Waals surface area contributed by atoms with E-state index in [-0.39, 0.29) is 17.9 Å². The summed E-state index contributed by atoms with van der Waals surface area (Å²) in [5.41, 5.74) is 2.64. The van der Waals surface area contributed by atoms with E-state index in [1.54, 1.807) is 12.1 Å². The van der Waals surface area contributed by atoms with E-state index in [2.05, 4.69) is 9.88 Å². The van der Waals surface area contributed by atoms with Crippen LogP contribution in [0.15, 0.2) is 66.9 Å². The number of urea groups is 1. The fraction of sp³-hybridized carbons (Fsp3) is 0.227. The van der Waals surface area contributed by atoms with Crippen LogP contribution in [0.5, 0.6) is 5.75 Å². The lowest BCUT2D eigenvalue weighted by molar-refractivity contribution is 0.182. The highest BCUT2D eigenvalue weighted by Gasteiger charge is 2.32. The molecule has 0 saturated carbocycles. The van der Waals surface area contributed by atoms with Crippen LogP contribution >= 0.6 is 0 Å². The van der Waals surface area contributed by atoms with Crippen molar-refractivity contribution < 1.29 is 13.9 Å². The summed E-state index contributed by atoms with van der Waals surface area (Å²) in [5, 5.41) is 2.88. The summed E-state index contributed by atoms with van der Waals surface area (Å²) in [6, 6.07) is 17.3. The van der Waals surface area contributed by atoms with Crippen molar-refractivity contribution >= 4 is 11.7 Å². The van der Waals surface area contributed by atoms with Gasteiger partial charge in [0.1, 0.15) is 11.6 Å². The third-order valence-electron chi connectivity index (χ3n) is 4.90. The number of aromatic nitrogens is 1. The van der Waals surface area contributed by atoms with E-state index in [0.29, 0.717) is 18.8 Å². The van der Waals surface area contributed by atoms with Gasteiger partial charge in [0.2, 0.25) is 0 Å². The second-order valence-electron chi connectivity index (χ2n) is 6.66. The molecule has 0 bridgehead atoms. The molecule has 0 aliphatic carbocycles. The lowest BCUT2D eigenvalue weighted by Crippen LogP contribution is -2.44. The molecule has 3 aromatic rings. The number of nitrogens with zero attached hydrogens (tertiary/aromatic N) is 2. The van der Waals surface area contributed by atoms with E-state index in [0.717, 1.165) is 23.6 Å². The predicted molar refractivity (Wildman–Crippen MR) is 106 cm³/mol. The van der Waals surface area contributed by atoms with Gasteiger partial charge in [0.25, 0.3) is 0 Å². The van der Waals surface area contributed by atoms with E-state index < -0.39 is 0 Å². The summed E-state index contributed by atoms with van der Waals surface area (Å²) in [7, 11) is 0. The van der Waals surface area contributed by atoms with Crippen LogP contribution in [-0.4, -0.2) is 28.6 Å². The maximum atomic E-state index is 13.1. The zero-order valence-corrected chi connectivity index (χ0v) is 15.6. The SMILES string of the molecule is CCOc1ccc([C@H]2c3cccn3CCN2C(=O)Nc2ccc(F)cc2)cc1. The van der Waals surface area contributed by atoms with Gasteiger partial charge in [-0.3, -0.25) is 0 Å². The summed E-state index contributed by atoms with van der Waals surface area (Å²) in [4.78, 5) is 14.8. The Kier molecular flexibility index (Phi) is 5.02. The van der Waals surface area contributed by atoms with E-state index >= 15 is 0 Å². The van der Waals surface area contributed by atoms with Gasteiger partial charge in [-0.05, 0) is 61.0 Å². The van der Waals surface area contributed by atoms with Crippen LogP contribution in [0.3, 0.4) is 0 Å². The van der Waals surface area contributed by atoms with Gasteiger partial charge in [-0.15, -0.1) is 0 Å². The Morgan fingerprint density at radius 3 is 2.57 bits per heavy atom. The third-order valence-corrected chi connectivity index (χ3v) is 4.90. The molecule has 28 heavy (non-hydrogen) atoms. The molecule has 1 aromatic heterocycles. The first-order chi connectivity index (χ1) is 13.7. The molecule has 0 unspecified atom stereocenters. The molecular formula is C22H22FN3O2. The quantitative estimate of drug-likeness (QED) is 0.716. The number of halogens is 1. The zero-order chi connectivity index (χ0) is 19.5. The summed E-state index contributed by atoms with van der Waals surface area (Å²) in [6.07, 6.45) is 2.03. The second kappa shape index (κ2) is 7.76. The number of benzene rings is 2. The number of fused-ring (bicyclic) bond motifs is 1. The topological polar surface area (TPSA) is 46.5 Å². The number of carbonyl (C=O) groups excluding carboxylic acids is 1. The maximum Gasteiger partial charge on any atom is 0.322 e. The minimum Gasteiger partial charge on any atom is -0.494 e. The lowest BCUT2D eigenvalue weighted by atomic mass is 10.00. The summed E-state index contributed by atoms with van der Waals surface area (Å²) in [6.45, 7) is 3.86. The van der Waals surface area contributed by atoms with Crippen molar-refractivity contribution in [2.75, 3.05) is 18.5 Å². The Hall–Kier alpha value is -3.28. The molecule has 2 amide bonds. The van der Waals surface area contributed by atoms with Crippen molar-refractivity contribution in [1.82, 2.24) is 9.47 Å². The Bertz CT molecular complexity index is 951. The highest BCUT2D eigenvalue weighted by atomic mass is 19.1. The monoisotopic (exact) mass is 379 g/mol. The number of anilines is 1. The summed E-state index contributed by atoms with van der Waals surface area (Å²) in [5.74, 6) is 0.473. The van der Waals surface area contributed by atoms with Crippen LogP contribution in [-0.2, 0) is 6.54 Å². The van der Waals surface area contributed by atoms with Crippen LogP contribution in [0, 0.1) is 5.82 Å². The minimum atomic E-state index is -0.332. The first kappa shape index (κ1) is 18.1. The number of nitrogens with one attached hydrogen (secondary N) is 1. The normalized spacial score (nSPS) is 15.8. The van der Waals surface area contributed by atoms with Crippen LogP contribution in [0.1, 0.15) is 24.2 Å². The zero-order valence-electron chi connectivity index (χ0n) is 15.6. The van der Waals surface area contributed by atoms with Crippen LogP contribution in [0.2, 0.25) is 0 Å². The molecule has 1 N–H and O–H groups in total. The molecule has 4 rings (SSSR count). The molecule has 1 aliphatic heterocycles. The summed E-state index contributed by atoms with van der Waals surface area (Å²) >= 11 is 0. The van der Waals surface area contributed by atoms with Gasteiger partial charge in [0.05, 0.1) is 12.6 Å². The average molecular weight is 379 g/mol. The molecule has 2 heterocycles. The molecule has 5 nitrogen and oxygen atoms in total. The smallest absolute Gasteiger partial charge is 0.322 e. The molecule has 0 radical (unpaired) electrons. The van der Waals surface area contributed by atoms with Gasteiger partial charge in [0.15, 0.2) is 0 Å². The van der Waals surface area contributed by atoms with Crippen molar-refractivity contribution in [2.45, 2.75) is 19.5 Å². The fourth-order valence-corrected chi connectivity index (χ4v) is 3.59. The molecule has 1 aliphatic rings. The Balaban J connectivity index is 1.63. The Morgan fingerprint density at radius 1 is 1.11 bits per heavy atom. The van der Waals surface area contributed by atoms with E-state index in [4.69, 9.17) is 4.74 Å². The number of amides is 2. The number of rotatable bonds is 4. The second-order valence-corrected chi connectivity index (χ2v) is 6.66. The minimum absolute atomic E-state index is 0.208. The number of hydrogen-bond acceptors (Lipinski definition) is 2. The molecule has 0 fully saturated rings. The molecule has 0 saturated heterocycles. The molecular weight excluding hydrogens is 357 g/mol. The molecule has 144 valence electrons. The van der Waals surface area contributed by atoms with Crippen LogP contribution in [0.25, 0.3) is 0 Å².